The summed E-state index contributed by atoms with van der Waals surface area (Å²) in [5.41, 5.74) is 0. The fourth-order valence-electron chi connectivity index (χ4n) is 1.62. The third-order valence-electron chi connectivity index (χ3n) is 2.82. The van der Waals surface area contributed by atoms with Crippen LogP contribution in [0.3, 0.4) is 0 Å². The molecule has 16 heavy (non-hydrogen) atoms. The standard InChI is InChI=1S/C13H26O3/c1-6-8-10(3)12(5)16-13(14)15-11(4)9-7-2/h10-12H,6-9H2,1-5H3. The largest absolute Gasteiger partial charge is 0.508 e. The fraction of sp³-hybridized carbons (Fsp3) is 0.923. The van der Waals surface area contributed by atoms with E-state index in [0.29, 0.717) is 5.92 Å². The van der Waals surface area contributed by atoms with Gasteiger partial charge in [-0.3, -0.25) is 0 Å². The summed E-state index contributed by atoms with van der Waals surface area (Å²) in [6.45, 7) is 10.1. The molecule has 3 nitrogen and oxygen atoms in total. The second-order valence-electron chi connectivity index (χ2n) is 4.56. The van der Waals surface area contributed by atoms with E-state index in [9.17, 15) is 4.79 Å². The molecule has 0 saturated carbocycles. The van der Waals surface area contributed by atoms with E-state index in [1.54, 1.807) is 0 Å². The summed E-state index contributed by atoms with van der Waals surface area (Å²) in [4.78, 5) is 11.4. The minimum Gasteiger partial charge on any atom is -0.431 e. The highest BCUT2D eigenvalue weighted by atomic mass is 16.7. The van der Waals surface area contributed by atoms with Crippen LogP contribution < -0.4 is 0 Å². The summed E-state index contributed by atoms with van der Waals surface area (Å²) in [5.74, 6) is 0.388. The summed E-state index contributed by atoms with van der Waals surface area (Å²) >= 11 is 0. The molecule has 0 aliphatic rings. The molecule has 3 unspecified atom stereocenters. The summed E-state index contributed by atoms with van der Waals surface area (Å²) < 4.78 is 10.3. The van der Waals surface area contributed by atoms with Crippen LogP contribution in [0.1, 0.15) is 60.3 Å². The minimum absolute atomic E-state index is 0.0498. The highest BCUT2D eigenvalue weighted by Crippen LogP contribution is 2.14. The molecule has 0 aliphatic carbocycles. The van der Waals surface area contributed by atoms with Crippen LogP contribution in [0.5, 0.6) is 0 Å². The second-order valence-corrected chi connectivity index (χ2v) is 4.56. The molecule has 0 fully saturated rings. The van der Waals surface area contributed by atoms with Gasteiger partial charge in [0.2, 0.25) is 0 Å². The molecule has 0 N–H and O–H groups in total. The summed E-state index contributed by atoms with van der Waals surface area (Å²) in [6, 6.07) is 0. The van der Waals surface area contributed by atoms with E-state index in [2.05, 4.69) is 20.8 Å². The van der Waals surface area contributed by atoms with Crippen LogP contribution in [0, 0.1) is 5.92 Å². The molecule has 96 valence electrons. The van der Waals surface area contributed by atoms with Crippen LogP contribution in [0.15, 0.2) is 0 Å². The van der Waals surface area contributed by atoms with Gasteiger partial charge in [-0.05, 0) is 32.6 Å². The number of carbonyl (C=O) groups excluding carboxylic acids is 1. The number of rotatable bonds is 7. The molecular weight excluding hydrogens is 204 g/mol. The van der Waals surface area contributed by atoms with Crippen molar-refractivity contribution >= 4 is 6.16 Å². The molecule has 0 heterocycles. The number of ether oxygens (including phenoxy) is 2. The lowest BCUT2D eigenvalue weighted by Gasteiger charge is -2.20. The highest BCUT2D eigenvalue weighted by molar-refractivity contribution is 5.60. The van der Waals surface area contributed by atoms with E-state index < -0.39 is 6.16 Å². The van der Waals surface area contributed by atoms with Crippen molar-refractivity contribution in [1.82, 2.24) is 0 Å². The first-order valence-electron chi connectivity index (χ1n) is 6.38. The molecule has 0 spiro atoms. The third kappa shape index (κ3) is 6.70. The van der Waals surface area contributed by atoms with Gasteiger partial charge in [0.25, 0.3) is 0 Å². The van der Waals surface area contributed by atoms with Gasteiger partial charge in [0.15, 0.2) is 0 Å². The van der Waals surface area contributed by atoms with Crippen molar-refractivity contribution in [3.05, 3.63) is 0 Å². The normalized spacial score (nSPS) is 16.3. The zero-order chi connectivity index (χ0) is 12.6. The van der Waals surface area contributed by atoms with Crippen molar-refractivity contribution in [2.75, 3.05) is 0 Å². The van der Waals surface area contributed by atoms with Crippen LogP contribution in [0.25, 0.3) is 0 Å². The van der Waals surface area contributed by atoms with Gasteiger partial charge >= 0.3 is 6.16 Å². The number of hydrogen-bond acceptors (Lipinski definition) is 3. The van der Waals surface area contributed by atoms with Crippen molar-refractivity contribution in [3.8, 4) is 0 Å². The van der Waals surface area contributed by atoms with Crippen LogP contribution in [0.4, 0.5) is 4.79 Å². The number of hydrogen-bond donors (Lipinski definition) is 0. The predicted octanol–water partition coefficient (Wildman–Crippen LogP) is 4.15. The lowest BCUT2D eigenvalue weighted by molar-refractivity contribution is -0.00907. The van der Waals surface area contributed by atoms with E-state index in [0.717, 1.165) is 25.7 Å². The minimum atomic E-state index is -0.531. The van der Waals surface area contributed by atoms with Crippen molar-refractivity contribution in [3.63, 3.8) is 0 Å². The maximum Gasteiger partial charge on any atom is 0.508 e. The smallest absolute Gasteiger partial charge is 0.431 e. The molecule has 0 rings (SSSR count). The van der Waals surface area contributed by atoms with Crippen molar-refractivity contribution in [1.29, 1.82) is 0 Å². The van der Waals surface area contributed by atoms with Gasteiger partial charge < -0.3 is 9.47 Å². The predicted molar refractivity (Wildman–Crippen MR) is 65.5 cm³/mol. The average Bonchev–Trinajstić information content (AvgIpc) is 2.17. The molecule has 0 aromatic rings. The maximum absolute atomic E-state index is 11.4. The van der Waals surface area contributed by atoms with E-state index in [1.165, 1.54) is 0 Å². The Balaban J connectivity index is 3.85. The lowest BCUT2D eigenvalue weighted by atomic mass is 10.0. The van der Waals surface area contributed by atoms with Gasteiger partial charge in [-0.1, -0.05) is 33.6 Å². The fourth-order valence-corrected chi connectivity index (χ4v) is 1.62. The molecule has 0 bridgehead atoms. The summed E-state index contributed by atoms with van der Waals surface area (Å²) in [6.07, 6.45) is 3.42. The Bertz CT molecular complexity index is 192. The average molecular weight is 230 g/mol. The first-order valence-corrected chi connectivity index (χ1v) is 6.38. The van der Waals surface area contributed by atoms with E-state index in [-0.39, 0.29) is 12.2 Å². The SMILES string of the molecule is CCCC(C)OC(=O)OC(C)C(C)CCC. The Hall–Kier alpha value is -0.730. The molecule has 3 heteroatoms. The van der Waals surface area contributed by atoms with Gasteiger partial charge in [0.05, 0.1) is 0 Å². The Morgan fingerprint density at radius 1 is 1.00 bits per heavy atom. The molecule has 3 atom stereocenters. The highest BCUT2D eigenvalue weighted by Gasteiger charge is 2.18. The molecule has 0 aromatic carbocycles. The molecule has 0 aliphatic heterocycles. The topological polar surface area (TPSA) is 35.5 Å². The summed E-state index contributed by atoms with van der Waals surface area (Å²) in [7, 11) is 0. The van der Waals surface area contributed by atoms with Gasteiger partial charge in [-0.25, -0.2) is 4.79 Å². The van der Waals surface area contributed by atoms with E-state index in [4.69, 9.17) is 9.47 Å². The van der Waals surface area contributed by atoms with Crippen LogP contribution in [0.2, 0.25) is 0 Å². The quantitative estimate of drug-likeness (QED) is 0.616. The lowest BCUT2D eigenvalue weighted by Crippen LogP contribution is -2.25. The monoisotopic (exact) mass is 230 g/mol. The van der Waals surface area contributed by atoms with Crippen LogP contribution >= 0.6 is 0 Å². The van der Waals surface area contributed by atoms with Crippen molar-refractivity contribution in [2.24, 2.45) is 5.92 Å². The first kappa shape index (κ1) is 15.3. The van der Waals surface area contributed by atoms with E-state index in [1.807, 2.05) is 13.8 Å². The first-order chi connectivity index (χ1) is 7.51. The summed E-state index contributed by atoms with van der Waals surface area (Å²) in [5, 5.41) is 0. The molecular formula is C13H26O3. The van der Waals surface area contributed by atoms with Crippen LogP contribution in [-0.2, 0) is 9.47 Å². The Labute approximate surface area is 99.5 Å². The maximum atomic E-state index is 11.4. The molecule has 0 saturated heterocycles. The zero-order valence-corrected chi connectivity index (χ0v) is 11.3. The number of carbonyl (C=O) groups is 1. The third-order valence-corrected chi connectivity index (χ3v) is 2.82. The molecule has 0 amide bonds. The van der Waals surface area contributed by atoms with Gasteiger partial charge in [0.1, 0.15) is 12.2 Å². The van der Waals surface area contributed by atoms with Gasteiger partial charge in [0, 0.05) is 0 Å². The van der Waals surface area contributed by atoms with Gasteiger partial charge in [-0.2, -0.15) is 0 Å². The Morgan fingerprint density at radius 3 is 2.06 bits per heavy atom. The van der Waals surface area contributed by atoms with E-state index >= 15 is 0 Å². The second kappa shape index (κ2) is 8.43. The van der Waals surface area contributed by atoms with Crippen molar-refractivity contribution < 1.29 is 14.3 Å². The zero-order valence-electron chi connectivity index (χ0n) is 11.3. The molecule has 0 radical (unpaired) electrons. The molecule has 0 aromatic heterocycles. The van der Waals surface area contributed by atoms with Crippen molar-refractivity contribution in [2.45, 2.75) is 72.5 Å². The Kier molecular flexibility index (Phi) is 8.04. The van der Waals surface area contributed by atoms with Gasteiger partial charge in [-0.15, -0.1) is 0 Å². The Morgan fingerprint density at radius 2 is 1.56 bits per heavy atom. The van der Waals surface area contributed by atoms with Crippen LogP contribution in [-0.4, -0.2) is 18.4 Å².